The second-order valence-electron chi connectivity index (χ2n) is 7.99. The molecule has 6 heteroatoms. The van der Waals surface area contributed by atoms with Gasteiger partial charge in [-0.2, -0.15) is 0 Å². The van der Waals surface area contributed by atoms with Crippen LogP contribution in [0.1, 0.15) is 53.8 Å². The minimum absolute atomic E-state index is 0.0309. The summed E-state index contributed by atoms with van der Waals surface area (Å²) in [5.41, 5.74) is 1.94. The predicted octanol–water partition coefficient (Wildman–Crippen LogP) is 4.00. The second-order valence-corrected chi connectivity index (χ2v) is 7.99. The molecule has 0 radical (unpaired) electrons. The number of nitrogens with one attached hydrogen (secondary N) is 2. The first-order chi connectivity index (χ1) is 14.5. The summed E-state index contributed by atoms with van der Waals surface area (Å²) in [6, 6.07) is 13.4. The summed E-state index contributed by atoms with van der Waals surface area (Å²) in [5.74, 6) is -0.274. The Balaban J connectivity index is 1.58. The fourth-order valence-electron chi connectivity index (χ4n) is 3.61. The Morgan fingerprint density at radius 2 is 1.83 bits per heavy atom. The van der Waals surface area contributed by atoms with Crippen LogP contribution in [0.15, 0.2) is 48.5 Å². The van der Waals surface area contributed by atoms with E-state index in [4.69, 9.17) is 0 Å². The Morgan fingerprint density at radius 1 is 1.10 bits per heavy atom. The van der Waals surface area contributed by atoms with Crippen molar-refractivity contribution in [2.45, 2.75) is 39.2 Å². The van der Waals surface area contributed by atoms with Crippen molar-refractivity contribution in [2.75, 3.05) is 24.5 Å². The molecule has 5 nitrogen and oxygen atoms in total. The standard InChI is InChI=1S/C24H30FN3O2/c1-3-17(2)16-26-24(30)21-9-4-5-10-22(21)28-13-11-20(12-14-28)27-23(29)18-7-6-8-19(25)15-18/h4-10,15,17,20H,3,11-14,16H2,1-2H3,(H,26,30)(H,27,29)/t17-/m0/s1. The lowest BCUT2D eigenvalue weighted by Crippen LogP contribution is -2.45. The number of hydrogen-bond acceptors (Lipinski definition) is 3. The molecular formula is C24H30FN3O2. The average Bonchev–Trinajstić information content (AvgIpc) is 2.77. The highest BCUT2D eigenvalue weighted by molar-refractivity contribution is 5.99. The number of hydrogen-bond donors (Lipinski definition) is 2. The fraction of sp³-hybridized carbons (Fsp3) is 0.417. The molecule has 1 heterocycles. The molecule has 1 aliphatic rings. The van der Waals surface area contributed by atoms with Crippen molar-refractivity contribution in [2.24, 2.45) is 5.92 Å². The summed E-state index contributed by atoms with van der Waals surface area (Å²) >= 11 is 0. The van der Waals surface area contributed by atoms with Crippen molar-refractivity contribution in [3.63, 3.8) is 0 Å². The van der Waals surface area contributed by atoms with E-state index in [0.29, 0.717) is 23.6 Å². The van der Waals surface area contributed by atoms with Crippen LogP contribution in [0.3, 0.4) is 0 Å². The van der Waals surface area contributed by atoms with Gasteiger partial charge in [-0.3, -0.25) is 9.59 Å². The predicted molar refractivity (Wildman–Crippen MR) is 117 cm³/mol. The molecule has 30 heavy (non-hydrogen) atoms. The van der Waals surface area contributed by atoms with Gasteiger partial charge in [-0.05, 0) is 49.1 Å². The van der Waals surface area contributed by atoms with Crippen LogP contribution < -0.4 is 15.5 Å². The van der Waals surface area contributed by atoms with Gasteiger partial charge >= 0.3 is 0 Å². The maximum Gasteiger partial charge on any atom is 0.253 e. The number of carbonyl (C=O) groups is 2. The smallest absolute Gasteiger partial charge is 0.253 e. The average molecular weight is 412 g/mol. The summed E-state index contributed by atoms with van der Waals surface area (Å²) in [6.07, 6.45) is 2.56. The third-order valence-electron chi connectivity index (χ3n) is 5.71. The van der Waals surface area contributed by atoms with Crippen molar-refractivity contribution in [1.29, 1.82) is 0 Å². The Bertz CT molecular complexity index is 878. The topological polar surface area (TPSA) is 61.4 Å². The van der Waals surface area contributed by atoms with E-state index in [0.717, 1.165) is 38.0 Å². The number of para-hydroxylation sites is 1. The first kappa shape index (κ1) is 21.8. The second kappa shape index (κ2) is 10.2. The van der Waals surface area contributed by atoms with Gasteiger partial charge in [-0.25, -0.2) is 4.39 Å². The molecule has 2 amide bonds. The van der Waals surface area contributed by atoms with Gasteiger partial charge in [0.05, 0.1) is 5.56 Å². The maximum atomic E-state index is 13.3. The number of piperidine rings is 1. The van der Waals surface area contributed by atoms with Crippen LogP contribution in [0, 0.1) is 11.7 Å². The van der Waals surface area contributed by atoms with Crippen molar-refractivity contribution < 1.29 is 14.0 Å². The minimum atomic E-state index is -0.416. The third kappa shape index (κ3) is 5.59. The normalized spacial score (nSPS) is 15.5. The van der Waals surface area contributed by atoms with Gasteiger partial charge in [0.25, 0.3) is 11.8 Å². The van der Waals surface area contributed by atoms with Crippen LogP contribution in [0.4, 0.5) is 10.1 Å². The Hall–Kier alpha value is -2.89. The Labute approximate surface area is 177 Å². The molecule has 2 aromatic rings. The molecule has 1 atom stereocenters. The monoisotopic (exact) mass is 411 g/mol. The van der Waals surface area contributed by atoms with E-state index >= 15 is 0 Å². The van der Waals surface area contributed by atoms with Gasteiger partial charge in [-0.15, -0.1) is 0 Å². The maximum absolute atomic E-state index is 13.3. The van der Waals surface area contributed by atoms with Crippen LogP contribution in [-0.4, -0.2) is 37.5 Å². The van der Waals surface area contributed by atoms with Gasteiger partial charge in [0.15, 0.2) is 0 Å². The van der Waals surface area contributed by atoms with Crippen LogP contribution in [0.25, 0.3) is 0 Å². The lowest BCUT2D eigenvalue weighted by atomic mass is 10.0. The van der Waals surface area contributed by atoms with E-state index in [-0.39, 0.29) is 17.9 Å². The van der Waals surface area contributed by atoms with Crippen molar-refractivity contribution in [3.8, 4) is 0 Å². The van der Waals surface area contributed by atoms with Crippen molar-refractivity contribution in [1.82, 2.24) is 10.6 Å². The highest BCUT2D eigenvalue weighted by atomic mass is 19.1. The van der Waals surface area contributed by atoms with E-state index in [1.807, 2.05) is 24.3 Å². The first-order valence-corrected chi connectivity index (χ1v) is 10.7. The molecule has 1 saturated heterocycles. The fourth-order valence-corrected chi connectivity index (χ4v) is 3.61. The van der Waals surface area contributed by atoms with Gasteiger partial charge < -0.3 is 15.5 Å². The van der Waals surface area contributed by atoms with Crippen LogP contribution in [-0.2, 0) is 0 Å². The highest BCUT2D eigenvalue weighted by Crippen LogP contribution is 2.24. The molecule has 0 aliphatic carbocycles. The quantitative estimate of drug-likeness (QED) is 0.724. The van der Waals surface area contributed by atoms with Gasteiger partial charge in [0, 0.05) is 36.9 Å². The van der Waals surface area contributed by atoms with Crippen molar-refractivity contribution in [3.05, 3.63) is 65.5 Å². The van der Waals surface area contributed by atoms with Crippen LogP contribution >= 0.6 is 0 Å². The van der Waals surface area contributed by atoms with Gasteiger partial charge in [0.1, 0.15) is 5.82 Å². The number of nitrogens with zero attached hydrogens (tertiary/aromatic N) is 1. The molecule has 0 spiro atoms. The number of carbonyl (C=O) groups excluding carboxylic acids is 2. The number of anilines is 1. The third-order valence-corrected chi connectivity index (χ3v) is 5.71. The molecule has 0 bridgehead atoms. The molecule has 0 saturated carbocycles. The molecule has 0 unspecified atom stereocenters. The molecule has 1 aliphatic heterocycles. The van der Waals surface area contributed by atoms with Crippen LogP contribution in [0.2, 0.25) is 0 Å². The van der Waals surface area contributed by atoms with Crippen LogP contribution in [0.5, 0.6) is 0 Å². The molecule has 2 aromatic carbocycles. The van der Waals surface area contributed by atoms with E-state index in [1.165, 1.54) is 18.2 Å². The highest BCUT2D eigenvalue weighted by Gasteiger charge is 2.24. The lowest BCUT2D eigenvalue weighted by Gasteiger charge is -2.35. The minimum Gasteiger partial charge on any atom is -0.371 e. The summed E-state index contributed by atoms with van der Waals surface area (Å²) in [6.45, 7) is 6.38. The zero-order chi connectivity index (χ0) is 21.5. The molecule has 0 aromatic heterocycles. The molecule has 2 N–H and O–H groups in total. The lowest BCUT2D eigenvalue weighted by molar-refractivity contribution is 0.0929. The number of benzene rings is 2. The van der Waals surface area contributed by atoms with Gasteiger partial charge in [-0.1, -0.05) is 38.5 Å². The summed E-state index contributed by atoms with van der Waals surface area (Å²) in [5, 5.41) is 6.03. The van der Waals surface area contributed by atoms with E-state index in [1.54, 1.807) is 6.07 Å². The first-order valence-electron chi connectivity index (χ1n) is 10.7. The number of rotatable bonds is 7. The van der Waals surface area contributed by atoms with E-state index < -0.39 is 5.82 Å². The Kier molecular flexibility index (Phi) is 7.44. The zero-order valence-corrected chi connectivity index (χ0v) is 17.7. The zero-order valence-electron chi connectivity index (χ0n) is 17.7. The van der Waals surface area contributed by atoms with E-state index in [2.05, 4.69) is 29.4 Å². The van der Waals surface area contributed by atoms with E-state index in [9.17, 15) is 14.0 Å². The number of halogens is 1. The summed E-state index contributed by atoms with van der Waals surface area (Å²) in [4.78, 5) is 27.3. The molecular weight excluding hydrogens is 381 g/mol. The largest absolute Gasteiger partial charge is 0.371 e. The summed E-state index contributed by atoms with van der Waals surface area (Å²) in [7, 11) is 0. The molecule has 160 valence electrons. The number of amides is 2. The Morgan fingerprint density at radius 3 is 2.53 bits per heavy atom. The summed E-state index contributed by atoms with van der Waals surface area (Å²) < 4.78 is 13.3. The molecule has 3 rings (SSSR count). The molecule has 1 fully saturated rings. The van der Waals surface area contributed by atoms with Crippen molar-refractivity contribution >= 4 is 17.5 Å². The van der Waals surface area contributed by atoms with Gasteiger partial charge in [0.2, 0.25) is 0 Å². The SMILES string of the molecule is CC[C@H](C)CNC(=O)c1ccccc1N1CCC(NC(=O)c2cccc(F)c2)CC1.